The van der Waals surface area contributed by atoms with Crippen molar-refractivity contribution in [1.82, 2.24) is 15.2 Å². The molecule has 2 aromatic heterocycles. The third-order valence-corrected chi connectivity index (χ3v) is 7.41. The van der Waals surface area contributed by atoms with Gasteiger partial charge in [0.25, 0.3) is 10.0 Å². The zero-order valence-corrected chi connectivity index (χ0v) is 18.1. The lowest BCUT2D eigenvalue weighted by atomic mass is 10.3. The number of carbonyl (C=O) groups excluding carboxylic acids is 1. The fourth-order valence-corrected chi connectivity index (χ4v) is 5.32. The minimum atomic E-state index is -3.76. The minimum Gasteiger partial charge on any atom is -0.325 e. The van der Waals surface area contributed by atoms with Crippen molar-refractivity contribution >= 4 is 50.5 Å². The van der Waals surface area contributed by atoms with Crippen LogP contribution < -0.4 is 10.0 Å². The van der Waals surface area contributed by atoms with E-state index in [1.165, 1.54) is 41.4 Å². The first-order valence-electron chi connectivity index (χ1n) is 8.69. The van der Waals surface area contributed by atoms with Gasteiger partial charge in [0.1, 0.15) is 10.8 Å². The highest BCUT2D eigenvalue weighted by Crippen LogP contribution is 2.29. The van der Waals surface area contributed by atoms with Crippen molar-refractivity contribution in [2.45, 2.75) is 34.8 Å². The summed E-state index contributed by atoms with van der Waals surface area (Å²) < 4.78 is 28.0. The third-order valence-electron chi connectivity index (χ3n) is 3.75. The van der Waals surface area contributed by atoms with Gasteiger partial charge in [0, 0.05) is 11.9 Å². The van der Waals surface area contributed by atoms with Crippen LogP contribution >= 0.6 is 23.1 Å². The first-order chi connectivity index (χ1) is 13.9. The molecule has 0 aliphatic carbocycles. The number of sulfonamides is 1. The number of nitrogens with one attached hydrogen (secondary N) is 2. The molecule has 8 nitrogen and oxygen atoms in total. The molecule has 3 rings (SSSR count). The lowest BCUT2D eigenvalue weighted by Crippen LogP contribution is -2.24. The summed E-state index contributed by atoms with van der Waals surface area (Å²) in [6.45, 7) is 3.78. The second kappa shape index (κ2) is 9.33. The Balaban J connectivity index is 1.65. The van der Waals surface area contributed by atoms with Crippen molar-refractivity contribution in [3.63, 3.8) is 0 Å². The topological polar surface area (TPSA) is 114 Å². The second-order valence-electron chi connectivity index (χ2n) is 5.94. The summed E-state index contributed by atoms with van der Waals surface area (Å²) in [5.74, 6) is 0.0622. The van der Waals surface area contributed by atoms with Crippen LogP contribution in [0.4, 0.5) is 11.5 Å². The molecular weight excluding hydrogens is 430 g/mol. The monoisotopic (exact) mass is 449 g/mol. The molecule has 0 saturated heterocycles. The normalized spacial score (nSPS) is 12.3. The maximum atomic E-state index is 12.6. The van der Waals surface area contributed by atoms with Gasteiger partial charge in [-0.3, -0.25) is 9.52 Å². The number of rotatable bonds is 8. The van der Waals surface area contributed by atoms with E-state index in [1.54, 1.807) is 30.3 Å². The van der Waals surface area contributed by atoms with E-state index >= 15 is 0 Å². The molecule has 1 amide bonds. The standard InChI is InChI=1S/C18H19N5O3S3/c1-3-15(28-18-22-21-12(2)27-18)17(24)20-13-7-9-14(10-8-13)29(25,26)23-16-6-4-5-11-19-16/h4-11,15H,3H2,1-2H3,(H,19,23)(H,20,24). The Kier molecular flexibility index (Phi) is 6.83. The number of hydrogen-bond acceptors (Lipinski definition) is 8. The largest absolute Gasteiger partial charge is 0.325 e. The van der Waals surface area contributed by atoms with E-state index in [4.69, 9.17) is 0 Å². The Morgan fingerprint density at radius 3 is 2.52 bits per heavy atom. The Labute approximate surface area is 177 Å². The van der Waals surface area contributed by atoms with Gasteiger partial charge in [0.15, 0.2) is 4.34 Å². The molecule has 0 aliphatic rings. The van der Waals surface area contributed by atoms with E-state index in [0.717, 1.165) is 9.35 Å². The van der Waals surface area contributed by atoms with Gasteiger partial charge < -0.3 is 5.32 Å². The number of thioether (sulfide) groups is 1. The summed E-state index contributed by atoms with van der Waals surface area (Å²) in [5.41, 5.74) is 0.513. The molecule has 3 aromatic rings. The van der Waals surface area contributed by atoms with Gasteiger partial charge in [-0.05, 0) is 49.7 Å². The fraction of sp³-hybridized carbons (Fsp3) is 0.222. The average Bonchev–Trinajstić information content (AvgIpc) is 3.11. The van der Waals surface area contributed by atoms with Crippen LogP contribution in [-0.4, -0.2) is 34.8 Å². The van der Waals surface area contributed by atoms with Crippen molar-refractivity contribution in [2.75, 3.05) is 10.0 Å². The minimum absolute atomic E-state index is 0.0758. The number of pyridine rings is 1. The maximum Gasteiger partial charge on any atom is 0.263 e. The van der Waals surface area contributed by atoms with Crippen LogP contribution in [0.25, 0.3) is 0 Å². The predicted molar refractivity (Wildman–Crippen MR) is 115 cm³/mol. The van der Waals surface area contributed by atoms with Crippen molar-refractivity contribution < 1.29 is 13.2 Å². The summed E-state index contributed by atoms with van der Waals surface area (Å²) in [7, 11) is -3.76. The van der Waals surface area contributed by atoms with Crippen molar-refractivity contribution in [1.29, 1.82) is 0 Å². The van der Waals surface area contributed by atoms with Crippen LogP contribution in [-0.2, 0) is 14.8 Å². The van der Waals surface area contributed by atoms with E-state index in [-0.39, 0.29) is 21.9 Å². The van der Waals surface area contributed by atoms with Gasteiger partial charge in [-0.1, -0.05) is 36.1 Å². The van der Waals surface area contributed by atoms with Crippen molar-refractivity contribution in [2.24, 2.45) is 0 Å². The number of aryl methyl sites for hydroxylation is 1. The first-order valence-corrected chi connectivity index (χ1v) is 11.9. The van der Waals surface area contributed by atoms with Crippen LogP contribution in [0.1, 0.15) is 18.4 Å². The molecule has 0 bridgehead atoms. The number of amides is 1. The van der Waals surface area contributed by atoms with Gasteiger partial charge in [-0.2, -0.15) is 0 Å². The van der Waals surface area contributed by atoms with Crippen molar-refractivity contribution in [3.8, 4) is 0 Å². The summed E-state index contributed by atoms with van der Waals surface area (Å²) >= 11 is 2.81. The van der Waals surface area contributed by atoms with Crippen LogP contribution in [0.2, 0.25) is 0 Å². The molecule has 2 heterocycles. The van der Waals surface area contributed by atoms with Crippen molar-refractivity contribution in [3.05, 3.63) is 53.7 Å². The molecule has 152 valence electrons. The second-order valence-corrected chi connectivity index (χ2v) is 10.2. The molecule has 29 heavy (non-hydrogen) atoms. The lowest BCUT2D eigenvalue weighted by Gasteiger charge is -2.13. The molecule has 1 unspecified atom stereocenters. The van der Waals surface area contributed by atoms with Gasteiger partial charge in [0.2, 0.25) is 5.91 Å². The Morgan fingerprint density at radius 1 is 1.17 bits per heavy atom. The SMILES string of the molecule is CCC(Sc1nnc(C)s1)C(=O)Nc1ccc(S(=O)(=O)Nc2ccccn2)cc1. The summed E-state index contributed by atoms with van der Waals surface area (Å²) in [6, 6.07) is 10.9. The molecule has 1 aromatic carbocycles. The zero-order valence-electron chi connectivity index (χ0n) is 15.7. The highest BCUT2D eigenvalue weighted by Gasteiger charge is 2.21. The molecule has 0 radical (unpaired) electrons. The molecule has 1 atom stereocenters. The van der Waals surface area contributed by atoms with Crippen LogP contribution in [0, 0.1) is 6.92 Å². The highest BCUT2D eigenvalue weighted by molar-refractivity contribution is 8.02. The van der Waals surface area contributed by atoms with E-state index in [1.807, 2.05) is 13.8 Å². The summed E-state index contributed by atoms with van der Waals surface area (Å²) in [5, 5.41) is 11.3. The summed E-state index contributed by atoms with van der Waals surface area (Å²) in [4.78, 5) is 16.6. The molecule has 0 fully saturated rings. The van der Waals surface area contributed by atoms with E-state index in [2.05, 4.69) is 25.2 Å². The molecule has 0 spiro atoms. The number of carbonyl (C=O) groups is 1. The zero-order chi connectivity index (χ0) is 20.9. The predicted octanol–water partition coefficient (Wildman–Crippen LogP) is 3.55. The molecule has 11 heteroatoms. The quantitative estimate of drug-likeness (QED) is 0.506. The van der Waals surface area contributed by atoms with E-state index in [9.17, 15) is 13.2 Å². The molecule has 2 N–H and O–H groups in total. The number of aromatic nitrogens is 3. The van der Waals surface area contributed by atoms with Gasteiger partial charge in [0.05, 0.1) is 10.1 Å². The number of benzene rings is 1. The van der Waals surface area contributed by atoms with Gasteiger partial charge >= 0.3 is 0 Å². The van der Waals surface area contributed by atoms with E-state index < -0.39 is 10.0 Å². The highest BCUT2D eigenvalue weighted by atomic mass is 32.2. The number of anilines is 2. The smallest absolute Gasteiger partial charge is 0.263 e. The summed E-state index contributed by atoms with van der Waals surface area (Å²) in [6.07, 6.45) is 2.12. The van der Waals surface area contributed by atoms with E-state index in [0.29, 0.717) is 12.1 Å². The fourth-order valence-electron chi connectivity index (χ4n) is 2.33. The maximum absolute atomic E-state index is 12.6. The average molecular weight is 450 g/mol. The molecule has 0 saturated carbocycles. The van der Waals surface area contributed by atoms with Gasteiger partial charge in [-0.15, -0.1) is 10.2 Å². The molecular formula is C18H19N5O3S3. The number of hydrogen-bond donors (Lipinski definition) is 2. The Morgan fingerprint density at radius 2 is 1.93 bits per heavy atom. The van der Waals surface area contributed by atoms with Gasteiger partial charge in [-0.25, -0.2) is 13.4 Å². The molecule has 0 aliphatic heterocycles. The lowest BCUT2D eigenvalue weighted by molar-refractivity contribution is -0.115. The van der Waals surface area contributed by atoms with Crippen LogP contribution in [0.3, 0.4) is 0 Å². The third kappa shape index (κ3) is 5.75. The van der Waals surface area contributed by atoms with Crippen LogP contribution in [0.5, 0.6) is 0 Å². The van der Waals surface area contributed by atoms with Crippen LogP contribution in [0.15, 0.2) is 57.9 Å². The first kappa shape index (κ1) is 21.2. The Hall–Kier alpha value is -2.50. The Bertz CT molecular complexity index is 1070. The number of nitrogens with zero attached hydrogens (tertiary/aromatic N) is 3.